The summed E-state index contributed by atoms with van der Waals surface area (Å²) in [6.07, 6.45) is 6.23. The Morgan fingerprint density at radius 2 is 2.62 bits per heavy atom. The molecule has 5 heteroatoms. The lowest BCUT2D eigenvalue weighted by Gasteiger charge is -2.14. The fourth-order valence-corrected chi connectivity index (χ4v) is 3.11. The van der Waals surface area contributed by atoms with Crippen molar-refractivity contribution in [3.63, 3.8) is 0 Å². The van der Waals surface area contributed by atoms with Gasteiger partial charge in [-0.2, -0.15) is 11.8 Å². The van der Waals surface area contributed by atoms with E-state index in [0.29, 0.717) is 6.04 Å². The van der Waals surface area contributed by atoms with Crippen LogP contribution in [-0.4, -0.2) is 41.3 Å². The highest BCUT2D eigenvalue weighted by atomic mass is 32.2. The molecule has 1 unspecified atom stereocenters. The van der Waals surface area contributed by atoms with Crippen molar-refractivity contribution in [1.29, 1.82) is 0 Å². The van der Waals surface area contributed by atoms with E-state index < -0.39 is 0 Å². The maximum Gasteiger partial charge on any atom is 0.203 e. The molecule has 0 bridgehead atoms. The molecule has 1 aromatic rings. The van der Waals surface area contributed by atoms with E-state index in [2.05, 4.69) is 21.1 Å². The molecule has 0 aliphatic carbocycles. The van der Waals surface area contributed by atoms with Crippen molar-refractivity contribution in [2.75, 3.05) is 37.1 Å². The zero-order chi connectivity index (χ0) is 11.2. The average Bonchev–Trinajstić information content (AvgIpc) is 2.94. The van der Waals surface area contributed by atoms with Gasteiger partial charge in [-0.15, -0.1) is 0 Å². The van der Waals surface area contributed by atoms with Gasteiger partial charge in [-0.05, 0) is 18.6 Å². The topological polar surface area (TPSA) is 39.1 Å². The summed E-state index contributed by atoms with van der Waals surface area (Å²) in [6.45, 7) is 1.72. The van der Waals surface area contributed by atoms with Gasteiger partial charge in [0.25, 0.3) is 0 Å². The maximum absolute atomic E-state index is 5.02. The van der Waals surface area contributed by atoms with E-state index in [1.165, 1.54) is 17.9 Å². The normalized spacial score (nSPS) is 20.2. The molecule has 0 aromatic carbocycles. The van der Waals surface area contributed by atoms with E-state index in [-0.39, 0.29) is 0 Å². The lowest BCUT2D eigenvalue weighted by Crippen LogP contribution is -2.14. The smallest absolute Gasteiger partial charge is 0.203 e. The van der Waals surface area contributed by atoms with Gasteiger partial charge in [0.2, 0.25) is 5.95 Å². The summed E-state index contributed by atoms with van der Waals surface area (Å²) in [7, 11) is 1.73. The van der Waals surface area contributed by atoms with Gasteiger partial charge in [-0.3, -0.25) is 0 Å². The van der Waals surface area contributed by atoms with Gasteiger partial charge < -0.3 is 14.6 Å². The number of methoxy groups -OCH3 is 1. The Morgan fingerprint density at radius 1 is 1.69 bits per heavy atom. The van der Waals surface area contributed by atoms with Crippen molar-refractivity contribution < 1.29 is 4.74 Å². The molecule has 2 heterocycles. The zero-order valence-electron chi connectivity index (χ0n) is 9.69. The summed E-state index contributed by atoms with van der Waals surface area (Å²) in [5.74, 6) is 3.48. The monoisotopic (exact) mass is 241 g/mol. The Labute approximate surface area is 101 Å². The standard InChI is InChI=1S/C11H19N3OS/c1-15-7-2-4-12-11-13-5-6-14(11)10-3-8-16-9-10/h5-6,10H,2-4,7-9H2,1H3,(H,12,13). The van der Waals surface area contributed by atoms with Crippen molar-refractivity contribution in [1.82, 2.24) is 9.55 Å². The minimum Gasteiger partial charge on any atom is -0.385 e. The zero-order valence-corrected chi connectivity index (χ0v) is 10.5. The molecule has 1 N–H and O–H groups in total. The van der Waals surface area contributed by atoms with Crippen LogP contribution in [0.5, 0.6) is 0 Å². The fourth-order valence-electron chi connectivity index (χ4n) is 1.90. The minimum atomic E-state index is 0.623. The minimum absolute atomic E-state index is 0.623. The number of aromatic nitrogens is 2. The first-order valence-corrected chi connectivity index (χ1v) is 6.90. The molecule has 16 heavy (non-hydrogen) atoms. The quantitative estimate of drug-likeness (QED) is 0.773. The molecule has 2 rings (SSSR count). The van der Waals surface area contributed by atoms with Crippen molar-refractivity contribution >= 4 is 17.7 Å². The van der Waals surface area contributed by atoms with Crippen LogP contribution in [0.1, 0.15) is 18.9 Å². The van der Waals surface area contributed by atoms with E-state index in [9.17, 15) is 0 Å². The summed E-state index contributed by atoms with van der Waals surface area (Å²) in [5, 5.41) is 3.37. The number of hydrogen-bond donors (Lipinski definition) is 1. The predicted molar refractivity (Wildman–Crippen MR) is 68.2 cm³/mol. The second-order valence-corrected chi connectivity index (χ2v) is 5.10. The number of ether oxygens (including phenoxy) is 1. The Balaban J connectivity index is 1.86. The van der Waals surface area contributed by atoms with E-state index in [0.717, 1.165) is 25.5 Å². The summed E-state index contributed by atoms with van der Waals surface area (Å²) in [4.78, 5) is 4.36. The number of hydrogen-bond acceptors (Lipinski definition) is 4. The van der Waals surface area contributed by atoms with Crippen LogP contribution in [0.3, 0.4) is 0 Å². The Hall–Kier alpha value is -0.680. The first-order chi connectivity index (χ1) is 7.92. The number of nitrogens with one attached hydrogen (secondary N) is 1. The summed E-state index contributed by atoms with van der Waals surface area (Å²) in [5.41, 5.74) is 0. The van der Waals surface area contributed by atoms with Crippen LogP contribution in [0.2, 0.25) is 0 Å². The molecule has 1 aromatic heterocycles. The third-order valence-corrected chi connectivity index (χ3v) is 3.92. The molecule has 1 atom stereocenters. The second-order valence-electron chi connectivity index (χ2n) is 3.95. The summed E-state index contributed by atoms with van der Waals surface area (Å²) in [6, 6.07) is 0.623. The van der Waals surface area contributed by atoms with E-state index in [1.807, 2.05) is 18.0 Å². The first-order valence-electron chi connectivity index (χ1n) is 5.75. The van der Waals surface area contributed by atoms with Crippen molar-refractivity contribution in [3.05, 3.63) is 12.4 Å². The van der Waals surface area contributed by atoms with Crippen LogP contribution in [0, 0.1) is 0 Å². The third kappa shape index (κ3) is 2.92. The Kier molecular flexibility index (Phi) is 4.54. The molecular formula is C11H19N3OS. The highest BCUT2D eigenvalue weighted by Crippen LogP contribution is 2.29. The van der Waals surface area contributed by atoms with Gasteiger partial charge >= 0.3 is 0 Å². The van der Waals surface area contributed by atoms with E-state index in [4.69, 9.17) is 4.74 Å². The number of anilines is 1. The van der Waals surface area contributed by atoms with Gasteiger partial charge in [-0.25, -0.2) is 4.98 Å². The van der Waals surface area contributed by atoms with E-state index >= 15 is 0 Å². The predicted octanol–water partition coefficient (Wildman–Crippen LogP) is 2.01. The van der Waals surface area contributed by atoms with Gasteiger partial charge in [0, 0.05) is 44.4 Å². The molecule has 1 fully saturated rings. The molecular weight excluding hydrogens is 222 g/mol. The van der Waals surface area contributed by atoms with Crippen LogP contribution in [0.15, 0.2) is 12.4 Å². The molecule has 1 aliphatic heterocycles. The number of rotatable bonds is 6. The molecule has 0 amide bonds. The SMILES string of the molecule is COCCCNc1nccn1C1CCSC1. The second kappa shape index (κ2) is 6.15. The van der Waals surface area contributed by atoms with Crippen molar-refractivity contribution in [2.45, 2.75) is 18.9 Å². The lowest BCUT2D eigenvalue weighted by molar-refractivity contribution is 0.197. The van der Waals surface area contributed by atoms with Crippen molar-refractivity contribution in [3.8, 4) is 0 Å². The highest BCUT2D eigenvalue weighted by molar-refractivity contribution is 7.99. The molecule has 90 valence electrons. The molecule has 0 saturated carbocycles. The molecule has 1 aliphatic rings. The van der Waals surface area contributed by atoms with Gasteiger partial charge in [0.05, 0.1) is 0 Å². The Bertz CT molecular complexity index is 310. The molecule has 1 saturated heterocycles. The van der Waals surface area contributed by atoms with Crippen LogP contribution in [0.25, 0.3) is 0 Å². The van der Waals surface area contributed by atoms with Crippen molar-refractivity contribution in [2.24, 2.45) is 0 Å². The number of thioether (sulfide) groups is 1. The average molecular weight is 241 g/mol. The third-order valence-electron chi connectivity index (χ3n) is 2.78. The summed E-state index contributed by atoms with van der Waals surface area (Å²) < 4.78 is 7.29. The molecule has 0 radical (unpaired) electrons. The number of nitrogens with zero attached hydrogens (tertiary/aromatic N) is 2. The fraction of sp³-hybridized carbons (Fsp3) is 0.727. The molecule has 0 spiro atoms. The highest BCUT2D eigenvalue weighted by Gasteiger charge is 2.19. The largest absolute Gasteiger partial charge is 0.385 e. The maximum atomic E-state index is 5.02. The Morgan fingerprint density at radius 3 is 3.38 bits per heavy atom. The molecule has 4 nitrogen and oxygen atoms in total. The van der Waals surface area contributed by atoms with Crippen LogP contribution in [0.4, 0.5) is 5.95 Å². The van der Waals surface area contributed by atoms with Crippen LogP contribution >= 0.6 is 11.8 Å². The first kappa shape index (κ1) is 11.8. The van der Waals surface area contributed by atoms with Crippen LogP contribution < -0.4 is 5.32 Å². The summed E-state index contributed by atoms with van der Waals surface area (Å²) >= 11 is 2.02. The van der Waals surface area contributed by atoms with E-state index in [1.54, 1.807) is 7.11 Å². The van der Waals surface area contributed by atoms with Crippen LogP contribution in [-0.2, 0) is 4.74 Å². The van der Waals surface area contributed by atoms with Gasteiger partial charge in [0.1, 0.15) is 0 Å². The lowest BCUT2D eigenvalue weighted by atomic mass is 10.2. The number of imidazole rings is 1. The van der Waals surface area contributed by atoms with Gasteiger partial charge in [-0.1, -0.05) is 0 Å². The van der Waals surface area contributed by atoms with Gasteiger partial charge in [0.15, 0.2) is 0 Å².